The number of H-pyrrole nitrogens is 1. The van der Waals surface area contributed by atoms with Crippen LogP contribution in [-0.2, 0) is 5.75 Å². The van der Waals surface area contributed by atoms with Gasteiger partial charge in [0.05, 0.1) is 9.86 Å². The van der Waals surface area contributed by atoms with Crippen molar-refractivity contribution in [2.45, 2.75) is 12.7 Å². The molecule has 0 atom stereocenters. The predicted molar refractivity (Wildman–Crippen MR) is 85.9 cm³/mol. The predicted octanol–water partition coefficient (Wildman–Crippen LogP) is 3.49. The highest BCUT2D eigenvalue weighted by Gasteiger charge is 2.12. The van der Waals surface area contributed by atoms with E-state index < -0.39 is 0 Å². The molecule has 4 nitrogen and oxygen atoms in total. The van der Waals surface area contributed by atoms with Gasteiger partial charge in [-0.1, -0.05) is 30.3 Å². The van der Waals surface area contributed by atoms with Crippen LogP contribution in [0.2, 0.25) is 0 Å². The molecule has 2 aromatic heterocycles. The lowest BCUT2D eigenvalue weighted by Gasteiger charge is -2.04. The van der Waals surface area contributed by atoms with Gasteiger partial charge in [-0.25, -0.2) is 4.98 Å². The van der Waals surface area contributed by atoms with Crippen molar-refractivity contribution in [2.75, 3.05) is 0 Å². The maximum atomic E-state index is 12.0. The Balaban J connectivity index is 1.98. The Bertz CT molecular complexity index is 810. The molecule has 2 heterocycles. The minimum Gasteiger partial charge on any atom is -0.310 e. The van der Waals surface area contributed by atoms with E-state index in [1.165, 1.54) is 5.56 Å². The number of benzene rings is 1. The van der Waals surface area contributed by atoms with E-state index >= 15 is 0 Å². The number of nitrogens with zero attached hydrogens (tertiary/aromatic N) is 2. The minimum atomic E-state index is -0.113. The fourth-order valence-electron chi connectivity index (χ4n) is 1.99. The van der Waals surface area contributed by atoms with Crippen LogP contribution >= 0.6 is 27.9 Å². The molecular weight excluding hydrogens is 338 g/mol. The average Bonchev–Trinajstić information content (AvgIpc) is 2.74. The summed E-state index contributed by atoms with van der Waals surface area (Å²) < 4.78 is 2.70. The Morgan fingerprint density at radius 2 is 2.10 bits per heavy atom. The van der Waals surface area contributed by atoms with Crippen LogP contribution in [0.25, 0.3) is 11.0 Å². The van der Waals surface area contributed by atoms with E-state index in [2.05, 4.69) is 38.0 Å². The van der Waals surface area contributed by atoms with E-state index in [1.54, 1.807) is 18.9 Å². The van der Waals surface area contributed by atoms with E-state index in [4.69, 9.17) is 0 Å². The summed E-state index contributed by atoms with van der Waals surface area (Å²) in [6, 6.07) is 10.2. The highest BCUT2D eigenvalue weighted by Crippen LogP contribution is 2.27. The maximum Gasteiger partial charge on any atom is 0.261 e. The Labute approximate surface area is 128 Å². The molecule has 0 spiro atoms. The van der Waals surface area contributed by atoms with E-state index in [0.29, 0.717) is 16.9 Å². The number of halogens is 1. The molecule has 20 heavy (non-hydrogen) atoms. The second-order valence-corrected chi connectivity index (χ2v) is 6.21. The number of aryl methyl sites for hydroxylation is 1. The normalized spacial score (nSPS) is 11.1. The minimum absolute atomic E-state index is 0.113. The molecule has 6 heteroatoms. The van der Waals surface area contributed by atoms with Crippen LogP contribution in [0.3, 0.4) is 0 Å². The Morgan fingerprint density at radius 3 is 2.85 bits per heavy atom. The molecule has 3 aromatic rings. The van der Waals surface area contributed by atoms with E-state index in [-0.39, 0.29) is 5.56 Å². The van der Waals surface area contributed by atoms with Crippen molar-refractivity contribution in [1.29, 1.82) is 0 Å². The molecule has 0 unspecified atom stereocenters. The second-order valence-electron chi connectivity index (χ2n) is 4.41. The van der Waals surface area contributed by atoms with Gasteiger partial charge in [0.2, 0.25) is 0 Å². The van der Waals surface area contributed by atoms with Crippen LogP contribution in [0.4, 0.5) is 0 Å². The molecule has 0 aliphatic carbocycles. The molecule has 0 aliphatic heterocycles. The molecule has 0 bridgehead atoms. The average molecular weight is 350 g/mol. The molecule has 0 amide bonds. The van der Waals surface area contributed by atoms with Gasteiger partial charge in [0.1, 0.15) is 5.82 Å². The monoisotopic (exact) mass is 349 g/mol. The van der Waals surface area contributed by atoms with Gasteiger partial charge in [0.15, 0.2) is 5.65 Å². The molecule has 0 saturated carbocycles. The van der Waals surface area contributed by atoms with Crippen molar-refractivity contribution in [3.63, 3.8) is 0 Å². The zero-order valence-corrected chi connectivity index (χ0v) is 13.2. The van der Waals surface area contributed by atoms with E-state index in [0.717, 1.165) is 10.2 Å². The summed E-state index contributed by atoms with van der Waals surface area (Å²) in [5, 5.41) is 0.594. The lowest BCUT2D eigenvalue weighted by molar-refractivity contribution is 1.04. The van der Waals surface area contributed by atoms with Crippen molar-refractivity contribution in [3.8, 4) is 0 Å². The molecule has 102 valence electrons. The number of aromatic nitrogens is 3. The SMILES string of the molecule is Cc1nc2c(c(Br)cn2SCc2ccccc2)c(=O)[nH]1. The van der Waals surface area contributed by atoms with Crippen molar-refractivity contribution in [2.24, 2.45) is 0 Å². The largest absolute Gasteiger partial charge is 0.310 e. The summed E-state index contributed by atoms with van der Waals surface area (Å²) in [6.45, 7) is 1.79. The summed E-state index contributed by atoms with van der Waals surface area (Å²) in [7, 11) is 0. The smallest absolute Gasteiger partial charge is 0.261 e. The van der Waals surface area contributed by atoms with Gasteiger partial charge < -0.3 is 4.98 Å². The van der Waals surface area contributed by atoms with Crippen LogP contribution in [0, 0.1) is 6.92 Å². The fourth-order valence-corrected chi connectivity index (χ4v) is 3.60. The summed E-state index contributed by atoms with van der Waals surface area (Å²) in [5.74, 6) is 1.44. The van der Waals surface area contributed by atoms with Gasteiger partial charge in [-0.3, -0.25) is 8.77 Å². The van der Waals surface area contributed by atoms with E-state index in [1.807, 2.05) is 28.4 Å². The quantitative estimate of drug-likeness (QED) is 0.787. The van der Waals surface area contributed by atoms with Crippen LogP contribution in [0.1, 0.15) is 11.4 Å². The molecule has 0 radical (unpaired) electrons. The standard InChI is InChI=1S/C14H12BrN3OS/c1-9-16-13-12(14(19)17-9)11(15)7-18(13)20-8-10-5-3-2-4-6-10/h2-7H,8H2,1H3,(H,16,17,19). The maximum absolute atomic E-state index is 12.0. The molecule has 1 N–H and O–H groups in total. The Kier molecular flexibility index (Phi) is 3.67. The van der Waals surface area contributed by atoms with Crippen molar-refractivity contribution in [1.82, 2.24) is 13.9 Å². The van der Waals surface area contributed by atoms with E-state index in [9.17, 15) is 4.79 Å². The van der Waals surface area contributed by atoms with Gasteiger partial charge in [0.25, 0.3) is 5.56 Å². The molecule has 0 fully saturated rings. The second kappa shape index (κ2) is 5.46. The third kappa shape index (κ3) is 2.53. The zero-order valence-electron chi connectivity index (χ0n) is 10.8. The number of hydrogen-bond donors (Lipinski definition) is 1. The number of rotatable bonds is 3. The molecule has 1 aromatic carbocycles. The number of aromatic amines is 1. The third-order valence-corrected chi connectivity index (χ3v) is 4.53. The van der Waals surface area contributed by atoms with Gasteiger partial charge in [-0.05, 0) is 40.4 Å². The highest BCUT2D eigenvalue weighted by atomic mass is 79.9. The highest BCUT2D eigenvalue weighted by molar-refractivity contribution is 9.10. The van der Waals surface area contributed by atoms with Gasteiger partial charge in [-0.2, -0.15) is 0 Å². The first-order valence-electron chi connectivity index (χ1n) is 6.10. The fraction of sp³-hybridized carbons (Fsp3) is 0.143. The van der Waals surface area contributed by atoms with Crippen LogP contribution in [-0.4, -0.2) is 13.9 Å². The lowest BCUT2D eigenvalue weighted by Crippen LogP contribution is -2.09. The molecule has 0 aliphatic rings. The Morgan fingerprint density at radius 1 is 1.35 bits per heavy atom. The summed E-state index contributed by atoms with van der Waals surface area (Å²) in [4.78, 5) is 19.1. The number of hydrogen-bond acceptors (Lipinski definition) is 3. The van der Waals surface area contributed by atoms with Crippen LogP contribution < -0.4 is 5.56 Å². The molecular formula is C14H12BrN3OS. The Hall–Kier alpha value is -1.53. The summed E-state index contributed by atoms with van der Waals surface area (Å²) in [6.07, 6.45) is 1.89. The van der Waals surface area contributed by atoms with Crippen molar-refractivity contribution < 1.29 is 0 Å². The van der Waals surface area contributed by atoms with Gasteiger partial charge >= 0.3 is 0 Å². The summed E-state index contributed by atoms with van der Waals surface area (Å²) in [5.41, 5.74) is 1.81. The first-order valence-corrected chi connectivity index (χ1v) is 7.83. The van der Waals surface area contributed by atoms with Crippen molar-refractivity contribution in [3.05, 3.63) is 62.7 Å². The van der Waals surface area contributed by atoms with Crippen LogP contribution in [0.15, 0.2) is 45.8 Å². The first kappa shape index (κ1) is 13.5. The molecule has 3 rings (SSSR count). The first-order chi connectivity index (χ1) is 9.65. The topological polar surface area (TPSA) is 50.7 Å². The van der Waals surface area contributed by atoms with Crippen molar-refractivity contribution >= 4 is 38.9 Å². The molecule has 0 saturated heterocycles. The lowest BCUT2D eigenvalue weighted by atomic mass is 10.2. The third-order valence-electron chi connectivity index (χ3n) is 2.91. The zero-order chi connectivity index (χ0) is 14.1. The summed E-state index contributed by atoms with van der Waals surface area (Å²) >= 11 is 5.04. The number of nitrogens with one attached hydrogen (secondary N) is 1. The van der Waals surface area contributed by atoms with Gasteiger partial charge in [0, 0.05) is 11.9 Å². The van der Waals surface area contributed by atoms with Gasteiger partial charge in [-0.15, -0.1) is 0 Å². The van der Waals surface area contributed by atoms with Crippen LogP contribution in [0.5, 0.6) is 0 Å². The number of fused-ring (bicyclic) bond motifs is 1.